The van der Waals surface area contributed by atoms with E-state index in [-0.39, 0.29) is 12.6 Å². The van der Waals surface area contributed by atoms with Gasteiger partial charge in [0, 0.05) is 12.5 Å². The Morgan fingerprint density at radius 3 is 2.67 bits per heavy atom. The molecule has 1 aliphatic rings. The van der Waals surface area contributed by atoms with Crippen molar-refractivity contribution in [1.29, 1.82) is 0 Å². The maximum atomic E-state index is 10.3. The summed E-state index contributed by atoms with van der Waals surface area (Å²) < 4.78 is 5.85. The van der Waals surface area contributed by atoms with Crippen molar-refractivity contribution in [3.05, 3.63) is 30.0 Å². The van der Waals surface area contributed by atoms with Gasteiger partial charge in [0.2, 0.25) is 11.8 Å². The smallest absolute Gasteiger partial charge is 0.232 e. The van der Waals surface area contributed by atoms with Crippen LogP contribution in [0.5, 0.6) is 0 Å². The van der Waals surface area contributed by atoms with E-state index in [9.17, 15) is 15.3 Å². The van der Waals surface area contributed by atoms with Gasteiger partial charge in [-0.25, -0.2) is 9.97 Å². The van der Waals surface area contributed by atoms with Gasteiger partial charge in [0.15, 0.2) is 5.58 Å². The lowest BCUT2D eigenvalue weighted by Gasteiger charge is -2.20. The molecule has 4 unspecified atom stereocenters. The molecule has 3 aromatic rings. The number of nitrogen functional groups attached to an aromatic ring is 1. The third kappa shape index (κ3) is 3.09. The van der Waals surface area contributed by atoms with E-state index in [2.05, 4.69) is 20.3 Å². The number of hydrogen-bond acceptors (Lipinski definition) is 9. The normalized spacial score (nSPS) is 25.2. The van der Waals surface area contributed by atoms with Gasteiger partial charge in [0.25, 0.3) is 0 Å². The van der Waals surface area contributed by atoms with Crippen molar-refractivity contribution >= 4 is 22.9 Å². The van der Waals surface area contributed by atoms with Crippen molar-refractivity contribution in [2.75, 3.05) is 17.7 Å². The summed E-state index contributed by atoms with van der Waals surface area (Å²) in [4.78, 5) is 12.9. The van der Waals surface area contributed by atoms with Crippen LogP contribution >= 0.6 is 0 Å². The number of nitrogens with one attached hydrogen (secondary N) is 1. The molecule has 1 saturated carbocycles. The van der Waals surface area contributed by atoms with Gasteiger partial charge < -0.3 is 30.8 Å². The maximum absolute atomic E-state index is 10.3. The van der Waals surface area contributed by atoms with Gasteiger partial charge in [0.1, 0.15) is 23.0 Å². The van der Waals surface area contributed by atoms with Gasteiger partial charge >= 0.3 is 0 Å². The van der Waals surface area contributed by atoms with Crippen LogP contribution in [0.1, 0.15) is 12.1 Å². The number of aryl methyl sites for hydroxylation is 1. The summed E-state index contributed by atoms with van der Waals surface area (Å²) in [7, 11) is 0. The van der Waals surface area contributed by atoms with E-state index in [0.717, 1.165) is 0 Å². The standard InChI is InChI=1S/C18H21N5O4/c1-8-13(17-22-10-4-2-3-5-12(10)27-17)16(23-18(19)20-8)21-11-6-9(7-24)14(25)15(11)26/h2-5,9,11,14-15,24-26H,6-7H2,1H3,(H3,19,20,21,23). The van der Waals surface area contributed by atoms with E-state index in [0.29, 0.717) is 40.5 Å². The second-order valence-electron chi connectivity index (χ2n) is 6.79. The van der Waals surface area contributed by atoms with E-state index < -0.39 is 24.2 Å². The number of aliphatic hydroxyl groups is 3. The van der Waals surface area contributed by atoms with E-state index in [4.69, 9.17) is 10.2 Å². The highest BCUT2D eigenvalue weighted by Crippen LogP contribution is 2.35. The number of anilines is 2. The molecule has 2 aromatic heterocycles. The molecule has 0 radical (unpaired) electrons. The average molecular weight is 371 g/mol. The Labute approximate surface area is 154 Å². The lowest BCUT2D eigenvalue weighted by Crippen LogP contribution is -2.35. The van der Waals surface area contributed by atoms with Crippen LogP contribution in [0, 0.1) is 12.8 Å². The first-order chi connectivity index (χ1) is 13.0. The summed E-state index contributed by atoms with van der Waals surface area (Å²) in [6.07, 6.45) is -1.68. The zero-order valence-corrected chi connectivity index (χ0v) is 14.7. The highest BCUT2D eigenvalue weighted by Gasteiger charge is 2.41. The first-order valence-electron chi connectivity index (χ1n) is 8.71. The number of fused-ring (bicyclic) bond motifs is 1. The highest BCUT2D eigenvalue weighted by atomic mass is 16.3. The minimum absolute atomic E-state index is 0.0709. The molecule has 0 bridgehead atoms. The third-order valence-electron chi connectivity index (χ3n) is 4.97. The largest absolute Gasteiger partial charge is 0.436 e. The molecule has 4 rings (SSSR count). The van der Waals surface area contributed by atoms with Gasteiger partial charge in [-0.2, -0.15) is 4.98 Å². The summed E-state index contributed by atoms with van der Waals surface area (Å²) in [5, 5.41) is 32.9. The zero-order chi connectivity index (χ0) is 19.1. The molecular formula is C18H21N5O4. The second kappa shape index (κ2) is 6.76. The molecule has 9 nitrogen and oxygen atoms in total. The number of para-hydroxylation sites is 2. The summed E-state index contributed by atoms with van der Waals surface area (Å²) in [5.41, 5.74) is 8.25. The third-order valence-corrected chi connectivity index (χ3v) is 4.97. The molecule has 6 N–H and O–H groups in total. The minimum Gasteiger partial charge on any atom is -0.436 e. The van der Waals surface area contributed by atoms with E-state index in [1.807, 2.05) is 24.3 Å². The Balaban J connectivity index is 1.75. The highest BCUT2D eigenvalue weighted by molar-refractivity contribution is 5.80. The predicted molar refractivity (Wildman–Crippen MR) is 98.8 cm³/mol. The average Bonchev–Trinajstić information content (AvgIpc) is 3.17. The molecule has 2 heterocycles. The molecule has 9 heteroatoms. The molecular weight excluding hydrogens is 350 g/mol. The van der Waals surface area contributed by atoms with Crippen LogP contribution in [0.2, 0.25) is 0 Å². The van der Waals surface area contributed by atoms with Crippen LogP contribution in [-0.4, -0.2) is 55.1 Å². The summed E-state index contributed by atoms with van der Waals surface area (Å²) in [6, 6.07) is 6.87. The summed E-state index contributed by atoms with van der Waals surface area (Å²) >= 11 is 0. The number of nitrogens with two attached hydrogens (primary N) is 1. The molecule has 1 aliphatic carbocycles. The Kier molecular flexibility index (Phi) is 4.42. The van der Waals surface area contributed by atoms with Crippen LogP contribution < -0.4 is 11.1 Å². The topological polar surface area (TPSA) is 151 Å². The molecule has 0 spiro atoms. The van der Waals surface area contributed by atoms with Crippen LogP contribution in [0.4, 0.5) is 11.8 Å². The number of aliphatic hydroxyl groups excluding tert-OH is 3. The van der Waals surface area contributed by atoms with Crippen molar-refractivity contribution in [2.24, 2.45) is 5.92 Å². The molecule has 27 heavy (non-hydrogen) atoms. The predicted octanol–water partition coefficient (Wildman–Crippen LogP) is 0.690. The van der Waals surface area contributed by atoms with Gasteiger partial charge in [-0.3, -0.25) is 0 Å². The van der Waals surface area contributed by atoms with E-state index in [1.165, 1.54) is 0 Å². The lowest BCUT2D eigenvalue weighted by atomic mass is 10.1. The molecule has 0 aliphatic heterocycles. The van der Waals surface area contributed by atoms with Crippen molar-refractivity contribution in [1.82, 2.24) is 15.0 Å². The van der Waals surface area contributed by atoms with Gasteiger partial charge in [-0.05, 0) is 25.5 Å². The summed E-state index contributed by atoms with van der Waals surface area (Å²) in [6.45, 7) is 1.56. The van der Waals surface area contributed by atoms with Crippen molar-refractivity contribution in [3.63, 3.8) is 0 Å². The molecule has 0 saturated heterocycles. The number of hydrogen-bond donors (Lipinski definition) is 5. The monoisotopic (exact) mass is 371 g/mol. The number of benzene rings is 1. The Morgan fingerprint density at radius 1 is 1.19 bits per heavy atom. The minimum atomic E-state index is -1.05. The second-order valence-corrected chi connectivity index (χ2v) is 6.79. The zero-order valence-electron chi connectivity index (χ0n) is 14.7. The van der Waals surface area contributed by atoms with Crippen LogP contribution in [0.3, 0.4) is 0 Å². The number of rotatable bonds is 4. The first-order valence-corrected chi connectivity index (χ1v) is 8.71. The van der Waals surface area contributed by atoms with Crippen molar-refractivity contribution < 1.29 is 19.7 Å². The number of aromatic nitrogens is 3. The van der Waals surface area contributed by atoms with E-state index in [1.54, 1.807) is 6.92 Å². The fourth-order valence-electron chi connectivity index (χ4n) is 3.56. The van der Waals surface area contributed by atoms with Gasteiger partial charge in [-0.1, -0.05) is 12.1 Å². The Hall–Kier alpha value is -2.75. The van der Waals surface area contributed by atoms with Crippen LogP contribution in [-0.2, 0) is 0 Å². The summed E-state index contributed by atoms with van der Waals surface area (Å²) in [5.74, 6) is 0.358. The van der Waals surface area contributed by atoms with Crippen molar-refractivity contribution in [3.8, 4) is 11.5 Å². The quantitative estimate of drug-likeness (QED) is 0.446. The Morgan fingerprint density at radius 2 is 1.96 bits per heavy atom. The van der Waals surface area contributed by atoms with Crippen molar-refractivity contribution in [2.45, 2.75) is 31.6 Å². The SMILES string of the molecule is Cc1nc(N)nc(NC2CC(CO)C(O)C2O)c1-c1nc2ccccc2o1. The van der Waals surface area contributed by atoms with Gasteiger partial charge in [0.05, 0.1) is 17.8 Å². The molecule has 142 valence electrons. The van der Waals surface area contributed by atoms with Crippen LogP contribution in [0.15, 0.2) is 28.7 Å². The lowest BCUT2D eigenvalue weighted by molar-refractivity contribution is 0.00446. The number of oxazole rings is 1. The maximum Gasteiger partial charge on any atom is 0.232 e. The van der Waals surface area contributed by atoms with Crippen LogP contribution in [0.25, 0.3) is 22.6 Å². The molecule has 1 aromatic carbocycles. The first kappa shape index (κ1) is 17.7. The molecule has 4 atom stereocenters. The van der Waals surface area contributed by atoms with Gasteiger partial charge in [-0.15, -0.1) is 0 Å². The fraction of sp³-hybridized carbons (Fsp3) is 0.389. The molecule has 0 amide bonds. The van der Waals surface area contributed by atoms with E-state index >= 15 is 0 Å². The Bertz CT molecular complexity index is 943. The molecule has 1 fully saturated rings. The fourth-order valence-corrected chi connectivity index (χ4v) is 3.56. The number of nitrogens with zero attached hydrogens (tertiary/aromatic N) is 3.